The number of hydrogen-bond acceptors (Lipinski definition) is 6. The van der Waals surface area contributed by atoms with E-state index in [1.807, 2.05) is 12.1 Å². The van der Waals surface area contributed by atoms with Crippen molar-refractivity contribution in [3.05, 3.63) is 42.4 Å². The largest absolute Gasteiger partial charge is 0.480 e. The number of rotatable bonds is 5. The first-order valence-corrected chi connectivity index (χ1v) is 10.2. The van der Waals surface area contributed by atoms with Gasteiger partial charge in [-0.3, -0.25) is 4.72 Å². The first-order valence-electron chi connectivity index (χ1n) is 8.65. The number of fused-ring (bicyclic) bond motifs is 1. The van der Waals surface area contributed by atoms with E-state index in [2.05, 4.69) is 26.6 Å². The zero-order valence-electron chi connectivity index (χ0n) is 15.1. The van der Waals surface area contributed by atoms with Crippen molar-refractivity contribution in [2.24, 2.45) is 0 Å². The molecule has 4 rings (SSSR count). The Balaban J connectivity index is 1.75. The Kier molecular flexibility index (Phi) is 4.66. The van der Waals surface area contributed by atoms with Gasteiger partial charge < -0.3 is 9.84 Å². The highest BCUT2D eigenvalue weighted by atomic mass is 32.2. The fraction of sp³-hybridized carbons (Fsp3) is 0.263. The lowest BCUT2D eigenvalue weighted by Crippen LogP contribution is -2.18. The van der Waals surface area contributed by atoms with Gasteiger partial charge in [-0.1, -0.05) is 11.8 Å². The lowest BCUT2D eigenvalue weighted by Gasteiger charge is -2.12. The number of sulfonamides is 1. The number of methoxy groups -OCH3 is 1. The van der Waals surface area contributed by atoms with Crippen LogP contribution in [0.1, 0.15) is 18.4 Å². The SMILES string of the molecule is COc1ncc(-c2ccn3ncc(C#CCO)c3c2)cc1NS(=O)(=O)C1CC1. The van der Waals surface area contributed by atoms with E-state index >= 15 is 0 Å². The van der Waals surface area contributed by atoms with Crippen LogP contribution < -0.4 is 9.46 Å². The molecular weight excluding hydrogens is 380 g/mol. The van der Waals surface area contributed by atoms with E-state index in [-0.39, 0.29) is 17.7 Å². The van der Waals surface area contributed by atoms with Gasteiger partial charge in [-0.25, -0.2) is 17.9 Å². The van der Waals surface area contributed by atoms with Crippen LogP contribution in [0, 0.1) is 11.8 Å². The lowest BCUT2D eigenvalue weighted by molar-refractivity contribution is 0.350. The molecule has 3 aromatic rings. The van der Waals surface area contributed by atoms with Crippen LogP contribution in [-0.2, 0) is 10.0 Å². The molecule has 0 saturated heterocycles. The second-order valence-electron chi connectivity index (χ2n) is 6.39. The molecule has 0 aliphatic heterocycles. The van der Waals surface area contributed by atoms with Crippen molar-refractivity contribution in [3.8, 4) is 28.8 Å². The number of hydrogen-bond donors (Lipinski definition) is 2. The molecule has 9 heteroatoms. The van der Waals surface area contributed by atoms with Gasteiger partial charge in [0, 0.05) is 18.0 Å². The Morgan fingerprint density at radius 1 is 1.32 bits per heavy atom. The topological polar surface area (TPSA) is 106 Å². The summed E-state index contributed by atoms with van der Waals surface area (Å²) < 4.78 is 34.1. The van der Waals surface area contributed by atoms with Crippen LogP contribution in [0.15, 0.2) is 36.8 Å². The molecule has 0 amide bonds. The highest BCUT2D eigenvalue weighted by molar-refractivity contribution is 7.93. The number of anilines is 1. The Bertz CT molecular complexity index is 1200. The smallest absolute Gasteiger partial charge is 0.238 e. The van der Waals surface area contributed by atoms with E-state index < -0.39 is 10.0 Å². The maximum Gasteiger partial charge on any atom is 0.238 e. The van der Waals surface area contributed by atoms with Crippen LogP contribution in [-0.4, -0.2) is 47.1 Å². The van der Waals surface area contributed by atoms with Crippen LogP contribution in [0.2, 0.25) is 0 Å². The van der Waals surface area contributed by atoms with Crippen LogP contribution >= 0.6 is 0 Å². The molecule has 0 unspecified atom stereocenters. The normalized spacial score (nSPS) is 13.8. The third-order valence-corrected chi connectivity index (χ3v) is 6.27. The molecule has 8 nitrogen and oxygen atoms in total. The Morgan fingerprint density at radius 2 is 2.14 bits per heavy atom. The predicted octanol–water partition coefficient (Wildman–Crippen LogP) is 1.65. The molecule has 28 heavy (non-hydrogen) atoms. The van der Waals surface area contributed by atoms with E-state index in [1.54, 1.807) is 29.2 Å². The van der Waals surface area contributed by atoms with Gasteiger partial charge in [0.15, 0.2) is 0 Å². The average Bonchev–Trinajstić information content (AvgIpc) is 3.48. The van der Waals surface area contributed by atoms with Gasteiger partial charge >= 0.3 is 0 Å². The van der Waals surface area contributed by atoms with Gasteiger partial charge in [-0.05, 0) is 36.6 Å². The van der Waals surface area contributed by atoms with Crippen molar-refractivity contribution in [2.45, 2.75) is 18.1 Å². The standard InChI is InChI=1S/C19H18N4O4S/c1-27-19-17(22-28(25,26)16-4-5-16)9-15(11-20-19)13-6-7-23-18(10-13)14(12-21-23)3-2-8-24/h6-7,9-12,16,22,24H,4-5,8H2,1H3. The molecule has 3 heterocycles. The highest BCUT2D eigenvalue weighted by Gasteiger charge is 2.36. The van der Waals surface area contributed by atoms with E-state index in [0.29, 0.717) is 24.1 Å². The van der Waals surface area contributed by atoms with E-state index in [0.717, 1.165) is 16.6 Å². The third-order valence-electron chi connectivity index (χ3n) is 4.42. The molecule has 0 atom stereocenters. The summed E-state index contributed by atoms with van der Waals surface area (Å²) >= 11 is 0. The Hall–Kier alpha value is -3.09. The fourth-order valence-electron chi connectivity index (χ4n) is 2.85. The maximum atomic E-state index is 12.3. The fourth-order valence-corrected chi connectivity index (χ4v) is 4.23. The summed E-state index contributed by atoms with van der Waals surface area (Å²) in [5, 5.41) is 12.8. The highest BCUT2D eigenvalue weighted by Crippen LogP contribution is 2.34. The number of nitrogens with one attached hydrogen (secondary N) is 1. The van der Waals surface area contributed by atoms with Gasteiger partial charge in [0.05, 0.1) is 29.6 Å². The summed E-state index contributed by atoms with van der Waals surface area (Å²) in [4.78, 5) is 4.24. The molecule has 0 bridgehead atoms. The number of nitrogens with zero attached hydrogens (tertiary/aromatic N) is 3. The molecule has 144 valence electrons. The average molecular weight is 398 g/mol. The minimum absolute atomic E-state index is 0.216. The van der Waals surface area contributed by atoms with Crippen molar-refractivity contribution in [1.82, 2.24) is 14.6 Å². The van der Waals surface area contributed by atoms with Gasteiger partial charge in [0.1, 0.15) is 12.3 Å². The van der Waals surface area contributed by atoms with Crippen LogP contribution in [0.4, 0.5) is 5.69 Å². The van der Waals surface area contributed by atoms with E-state index in [9.17, 15) is 8.42 Å². The van der Waals surface area contributed by atoms with Gasteiger partial charge in [-0.15, -0.1) is 0 Å². The molecule has 1 aliphatic carbocycles. The van der Waals surface area contributed by atoms with Crippen molar-refractivity contribution < 1.29 is 18.3 Å². The maximum absolute atomic E-state index is 12.3. The first kappa shape index (κ1) is 18.3. The number of ether oxygens (including phenoxy) is 1. The summed E-state index contributed by atoms with van der Waals surface area (Å²) in [6.45, 7) is -0.232. The molecule has 1 fully saturated rings. The van der Waals surface area contributed by atoms with Crippen molar-refractivity contribution >= 4 is 21.2 Å². The molecule has 1 saturated carbocycles. The van der Waals surface area contributed by atoms with Crippen LogP contribution in [0.25, 0.3) is 16.6 Å². The number of aromatic nitrogens is 3. The first-order chi connectivity index (χ1) is 13.5. The van der Waals surface area contributed by atoms with Crippen molar-refractivity contribution in [3.63, 3.8) is 0 Å². The number of aliphatic hydroxyl groups excluding tert-OH is 1. The molecule has 0 aromatic carbocycles. The van der Waals surface area contributed by atoms with E-state index in [4.69, 9.17) is 9.84 Å². The summed E-state index contributed by atoms with van der Waals surface area (Å²) in [6, 6.07) is 5.44. The molecule has 2 N–H and O–H groups in total. The quantitative estimate of drug-likeness (QED) is 0.633. The van der Waals surface area contributed by atoms with Gasteiger partial charge in [0.25, 0.3) is 0 Å². The van der Waals surface area contributed by atoms with E-state index in [1.165, 1.54) is 7.11 Å². The molecular formula is C19H18N4O4S. The van der Waals surface area contributed by atoms with Crippen LogP contribution in [0.5, 0.6) is 5.88 Å². The zero-order valence-corrected chi connectivity index (χ0v) is 15.9. The summed E-state index contributed by atoms with van der Waals surface area (Å²) in [7, 11) is -1.99. The monoisotopic (exact) mass is 398 g/mol. The Labute approximate surface area is 162 Å². The number of aliphatic hydroxyl groups is 1. The summed E-state index contributed by atoms with van der Waals surface area (Å²) in [5.41, 5.74) is 3.31. The lowest BCUT2D eigenvalue weighted by atomic mass is 10.1. The van der Waals surface area contributed by atoms with Gasteiger partial charge in [0.2, 0.25) is 15.9 Å². The summed E-state index contributed by atoms with van der Waals surface area (Å²) in [6.07, 6.45) is 6.37. The molecule has 0 radical (unpaired) electrons. The Morgan fingerprint density at radius 3 is 2.86 bits per heavy atom. The molecule has 0 spiro atoms. The van der Waals surface area contributed by atoms with Gasteiger partial charge in [-0.2, -0.15) is 5.10 Å². The second kappa shape index (κ2) is 7.14. The summed E-state index contributed by atoms with van der Waals surface area (Å²) in [5.74, 6) is 5.70. The van der Waals surface area contributed by atoms with Crippen molar-refractivity contribution in [1.29, 1.82) is 0 Å². The number of pyridine rings is 2. The van der Waals surface area contributed by atoms with Crippen molar-refractivity contribution in [2.75, 3.05) is 18.4 Å². The molecule has 1 aliphatic rings. The minimum Gasteiger partial charge on any atom is -0.480 e. The third kappa shape index (κ3) is 3.52. The zero-order chi connectivity index (χ0) is 19.7. The molecule has 3 aromatic heterocycles. The second-order valence-corrected chi connectivity index (χ2v) is 8.35. The minimum atomic E-state index is -3.44. The predicted molar refractivity (Wildman–Crippen MR) is 105 cm³/mol. The van der Waals surface area contributed by atoms with Crippen LogP contribution in [0.3, 0.4) is 0 Å².